The van der Waals surface area contributed by atoms with Crippen LogP contribution < -0.4 is 15.8 Å². The Bertz CT molecular complexity index is 448. The highest BCUT2D eigenvalue weighted by Gasteiger charge is 2.21. The number of aromatic nitrogens is 2. The molecule has 1 heterocycles. The highest BCUT2D eigenvalue weighted by atomic mass is 16.5. The Morgan fingerprint density at radius 2 is 2.33 bits per heavy atom. The minimum Gasteiger partial charge on any atom is -0.481 e. The van der Waals surface area contributed by atoms with E-state index in [-0.39, 0.29) is 0 Å². The topological polar surface area (TPSA) is 77.5 Å². The van der Waals surface area contributed by atoms with E-state index in [1.165, 1.54) is 12.8 Å². The van der Waals surface area contributed by atoms with Crippen molar-refractivity contribution < 1.29 is 4.74 Å². The summed E-state index contributed by atoms with van der Waals surface area (Å²) < 4.78 is 7.10. The zero-order valence-corrected chi connectivity index (χ0v) is 11.2. The Morgan fingerprint density at radius 3 is 2.89 bits per heavy atom. The number of hydrogen-bond acceptors (Lipinski definition) is 3. The molecule has 0 aromatic carbocycles. The van der Waals surface area contributed by atoms with Crippen LogP contribution in [-0.2, 0) is 20.0 Å². The van der Waals surface area contributed by atoms with E-state index >= 15 is 0 Å². The van der Waals surface area contributed by atoms with Crippen molar-refractivity contribution in [1.82, 2.24) is 15.1 Å². The number of nitrogens with zero attached hydrogens (tertiary/aromatic N) is 3. The second-order valence-electron chi connectivity index (χ2n) is 4.53. The van der Waals surface area contributed by atoms with Crippen LogP contribution in [0.15, 0.2) is 4.99 Å². The van der Waals surface area contributed by atoms with Crippen molar-refractivity contribution in [2.45, 2.75) is 38.8 Å². The molecule has 0 saturated heterocycles. The van der Waals surface area contributed by atoms with Crippen molar-refractivity contribution in [3.63, 3.8) is 0 Å². The van der Waals surface area contributed by atoms with Crippen LogP contribution in [0.3, 0.4) is 0 Å². The summed E-state index contributed by atoms with van der Waals surface area (Å²) in [6.45, 7) is 2.58. The smallest absolute Gasteiger partial charge is 0.216 e. The van der Waals surface area contributed by atoms with Gasteiger partial charge in [0, 0.05) is 13.1 Å². The largest absolute Gasteiger partial charge is 0.481 e. The first-order chi connectivity index (χ1) is 8.65. The zero-order chi connectivity index (χ0) is 13.1. The third-order valence-electron chi connectivity index (χ3n) is 3.04. The van der Waals surface area contributed by atoms with Gasteiger partial charge in [0.1, 0.15) is 0 Å². The van der Waals surface area contributed by atoms with Crippen molar-refractivity contribution in [1.29, 1.82) is 0 Å². The number of rotatable bonds is 5. The molecule has 1 aliphatic rings. The zero-order valence-electron chi connectivity index (χ0n) is 11.2. The maximum atomic E-state index is 5.82. The minimum absolute atomic E-state index is 0.505. The van der Waals surface area contributed by atoms with E-state index in [0.29, 0.717) is 18.5 Å². The van der Waals surface area contributed by atoms with Gasteiger partial charge in [-0.2, -0.15) is 5.10 Å². The van der Waals surface area contributed by atoms with Crippen LogP contribution in [0.1, 0.15) is 31.0 Å². The first kappa shape index (κ1) is 12.7. The van der Waals surface area contributed by atoms with Gasteiger partial charge in [-0.15, -0.1) is 0 Å². The van der Waals surface area contributed by atoms with Crippen LogP contribution in [0.25, 0.3) is 0 Å². The second kappa shape index (κ2) is 5.29. The second-order valence-corrected chi connectivity index (χ2v) is 4.53. The fourth-order valence-electron chi connectivity index (χ4n) is 1.95. The molecule has 0 atom stereocenters. The van der Waals surface area contributed by atoms with Crippen molar-refractivity contribution in [3.05, 3.63) is 11.3 Å². The minimum atomic E-state index is 0.505. The summed E-state index contributed by atoms with van der Waals surface area (Å²) in [5.41, 5.74) is 7.85. The Kier molecular flexibility index (Phi) is 3.74. The van der Waals surface area contributed by atoms with E-state index in [1.807, 2.05) is 7.05 Å². The normalized spacial score (nSPS) is 15.8. The lowest BCUT2D eigenvalue weighted by Crippen LogP contribution is -2.33. The number of aliphatic imine (C=N–C) groups is 1. The van der Waals surface area contributed by atoms with Gasteiger partial charge in [0.25, 0.3) is 0 Å². The molecule has 1 saturated carbocycles. The maximum Gasteiger partial charge on any atom is 0.216 e. The molecule has 0 amide bonds. The van der Waals surface area contributed by atoms with Crippen LogP contribution >= 0.6 is 0 Å². The SMILES string of the molecule is CCc1nn(C)c(OC)c1CN=C(N)NC1CC1. The molecule has 0 spiro atoms. The summed E-state index contributed by atoms with van der Waals surface area (Å²) in [5.74, 6) is 1.26. The summed E-state index contributed by atoms with van der Waals surface area (Å²) in [6, 6.07) is 0.523. The molecular formula is C12H21N5O. The molecule has 0 radical (unpaired) electrons. The molecular weight excluding hydrogens is 230 g/mol. The van der Waals surface area contributed by atoms with Crippen molar-refractivity contribution in [2.75, 3.05) is 7.11 Å². The predicted molar refractivity (Wildman–Crippen MR) is 70.6 cm³/mol. The number of hydrogen-bond donors (Lipinski definition) is 2. The highest BCUT2D eigenvalue weighted by molar-refractivity contribution is 5.78. The summed E-state index contributed by atoms with van der Waals surface area (Å²) in [6.07, 6.45) is 3.23. The summed E-state index contributed by atoms with van der Waals surface area (Å²) in [7, 11) is 3.52. The monoisotopic (exact) mass is 251 g/mol. The number of nitrogens with one attached hydrogen (secondary N) is 1. The molecule has 6 heteroatoms. The third-order valence-corrected chi connectivity index (χ3v) is 3.04. The fraction of sp³-hybridized carbons (Fsp3) is 0.667. The standard InChI is InChI=1S/C12H21N5O/c1-4-10-9(11(18-3)17(2)16-10)7-14-12(13)15-8-5-6-8/h8H,4-7H2,1-3H3,(H3,13,14,15). The molecule has 6 nitrogen and oxygen atoms in total. The maximum absolute atomic E-state index is 5.82. The van der Waals surface area contributed by atoms with Crippen molar-refractivity contribution >= 4 is 5.96 Å². The van der Waals surface area contributed by atoms with Crippen molar-refractivity contribution in [2.24, 2.45) is 17.8 Å². The molecule has 1 aliphatic carbocycles. The van der Waals surface area contributed by atoms with Gasteiger partial charge in [-0.25, -0.2) is 9.67 Å². The van der Waals surface area contributed by atoms with Gasteiger partial charge >= 0.3 is 0 Å². The van der Waals surface area contributed by atoms with Gasteiger partial charge in [0.05, 0.1) is 24.9 Å². The summed E-state index contributed by atoms with van der Waals surface area (Å²) in [5, 5.41) is 7.58. The first-order valence-electron chi connectivity index (χ1n) is 6.30. The Hall–Kier alpha value is -1.72. The average molecular weight is 251 g/mol. The molecule has 0 aliphatic heterocycles. The van der Waals surface area contributed by atoms with Gasteiger partial charge < -0.3 is 15.8 Å². The number of ether oxygens (including phenoxy) is 1. The molecule has 18 heavy (non-hydrogen) atoms. The highest BCUT2D eigenvalue weighted by Crippen LogP contribution is 2.23. The number of guanidine groups is 1. The number of nitrogens with two attached hydrogens (primary N) is 1. The Morgan fingerprint density at radius 1 is 1.61 bits per heavy atom. The van der Waals surface area contributed by atoms with Crippen LogP contribution in [0.5, 0.6) is 5.88 Å². The molecule has 2 rings (SSSR count). The summed E-state index contributed by atoms with van der Waals surface area (Å²) >= 11 is 0. The first-order valence-corrected chi connectivity index (χ1v) is 6.30. The molecule has 0 unspecified atom stereocenters. The molecule has 1 aromatic rings. The van der Waals surface area contributed by atoms with E-state index in [9.17, 15) is 0 Å². The fourth-order valence-corrected chi connectivity index (χ4v) is 1.95. The average Bonchev–Trinajstić information content (AvgIpc) is 3.09. The van der Waals surface area contributed by atoms with E-state index in [4.69, 9.17) is 10.5 Å². The lowest BCUT2D eigenvalue weighted by atomic mass is 10.2. The molecule has 3 N–H and O–H groups in total. The third kappa shape index (κ3) is 2.75. The number of methoxy groups -OCH3 is 1. The quantitative estimate of drug-likeness (QED) is 0.592. The molecule has 1 fully saturated rings. The summed E-state index contributed by atoms with van der Waals surface area (Å²) in [4.78, 5) is 4.36. The van der Waals surface area contributed by atoms with Gasteiger partial charge in [-0.1, -0.05) is 6.92 Å². The van der Waals surface area contributed by atoms with Crippen molar-refractivity contribution in [3.8, 4) is 5.88 Å². The predicted octanol–water partition coefficient (Wildman–Crippen LogP) is 0.558. The van der Waals surface area contributed by atoms with Crippen LogP contribution in [0.4, 0.5) is 0 Å². The molecule has 100 valence electrons. The lowest BCUT2D eigenvalue weighted by Gasteiger charge is -2.05. The van der Waals surface area contributed by atoms with Gasteiger partial charge in [0.2, 0.25) is 5.88 Å². The van der Waals surface area contributed by atoms with Gasteiger partial charge in [-0.3, -0.25) is 0 Å². The van der Waals surface area contributed by atoms with E-state index < -0.39 is 0 Å². The van der Waals surface area contributed by atoms with Gasteiger partial charge in [0.15, 0.2) is 5.96 Å². The van der Waals surface area contributed by atoms with Crippen LogP contribution in [-0.4, -0.2) is 28.9 Å². The Balaban J connectivity index is 2.11. The van der Waals surface area contributed by atoms with Crippen LogP contribution in [0, 0.1) is 0 Å². The van der Waals surface area contributed by atoms with Crippen LogP contribution in [0.2, 0.25) is 0 Å². The molecule has 1 aromatic heterocycles. The van der Waals surface area contributed by atoms with E-state index in [0.717, 1.165) is 23.6 Å². The van der Waals surface area contributed by atoms with E-state index in [2.05, 4.69) is 22.3 Å². The lowest BCUT2D eigenvalue weighted by molar-refractivity contribution is 0.369. The number of aryl methyl sites for hydroxylation is 2. The van der Waals surface area contributed by atoms with E-state index in [1.54, 1.807) is 11.8 Å². The molecule has 0 bridgehead atoms. The van der Waals surface area contributed by atoms with Gasteiger partial charge in [-0.05, 0) is 19.3 Å². The Labute approximate surface area is 107 Å².